The van der Waals surface area contributed by atoms with Crippen molar-refractivity contribution in [3.05, 3.63) is 59.4 Å². The van der Waals surface area contributed by atoms with Crippen LogP contribution in [0.2, 0.25) is 0 Å². The predicted octanol–water partition coefficient (Wildman–Crippen LogP) is 4.16. The third-order valence-electron chi connectivity index (χ3n) is 7.65. The molecule has 1 aromatic heterocycles. The van der Waals surface area contributed by atoms with Gasteiger partial charge in [-0.3, -0.25) is 14.6 Å². The molecular formula is C26H30N2O5. The maximum Gasteiger partial charge on any atom is 0.303 e. The van der Waals surface area contributed by atoms with Crippen molar-refractivity contribution in [3.63, 3.8) is 0 Å². The van der Waals surface area contributed by atoms with Crippen LogP contribution in [0.4, 0.5) is 0 Å². The lowest BCUT2D eigenvalue weighted by Crippen LogP contribution is -2.60. The third-order valence-corrected chi connectivity index (χ3v) is 7.65. The first-order chi connectivity index (χ1) is 15.8. The van der Waals surface area contributed by atoms with Gasteiger partial charge >= 0.3 is 5.97 Å². The van der Waals surface area contributed by atoms with E-state index >= 15 is 0 Å². The van der Waals surface area contributed by atoms with Gasteiger partial charge in [0.25, 0.3) is 5.91 Å². The second-order valence-corrected chi connectivity index (χ2v) is 9.92. The Labute approximate surface area is 193 Å². The molecule has 7 nitrogen and oxygen atoms in total. The number of carboxylic acids is 1. The Hall–Kier alpha value is -2.93. The summed E-state index contributed by atoms with van der Waals surface area (Å²) < 4.78 is 13.0. The summed E-state index contributed by atoms with van der Waals surface area (Å²) in [6.45, 7) is 5.07. The van der Waals surface area contributed by atoms with Crippen molar-refractivity contribution < 1.29 is 24.2 Å². The molecule has 1 amide bonds. The zero-order valence-corrected chi connectivity index (χ0v) is 19.1. The van der Waals surface area contributed by atoms with Gasteiger partial charge in [-0.25, -0.2) is 0 Å². The third kappa shape index (κ3) is 3.78. The van der Waals surface area contributed by atoms with Gasteiger partial charge in [0.15, 0.2) is 0 Å². The van der Waals surface area contributed by atoms with Crippen LogP contribution in [0.1, 0.15) is 66.6 Å². The normalized spacial score (nSPS) is 30.4. The highest BCUT2D eigenvalue weighted by molar-refractivity contribution is 5.94. The Morgan fingerprint density at radius 1 is 1.27 bits per heavy atom. The number of nitrogens with zero attached hydrogens (tertiary/aromatic N) is 2. The lowest BCUT2D eigenvalue weighted by Gasteiger charge is -2.54. The van der Waals surface area contributed by atoms with Crippen LogP contribution in [0.25, 0.3) is 0 Å². The maximum absolute atomic E-state index is 13.5. The van der Waals surface area contributed by atoms with E-state index in [1.807, 2.05) is 49.1 Å². The molecule has 33 heavy (non-hydrogen) atoms. The summed E-state index contributed by atoms with van der Waals surface area (Å²) in [5.74, 6) is -0.168. The molecule has 4 heterocycles. The topological polar surface area (TPSA) is 89.0 Å². The lowest BCUT2D eigenvalue weighted by molar-refractivity contribution is -0.169. The number of aryl methyl sites for hydroxylation is 1. The highest BCUT2D eigenvalue weighted by Crippen LogP contribution is 2.55. The van der Waals surface area contributed by atoms with Gasteiger partial charge in [-0.2, -0.15) is 0 Å². The number of amides is 1. The average Bonchev–Trinajstić information content (AvgIpc) is 3.20. The number of carboxylic acid groups (broad SMARTS) is 1. The molecule has 0 aliphatic carbocycles. The summed E-state index contributed by atoms with van der Waals surface area (Å²) in [5, 5.41) is 9.37. The summed E-state index contributed by atoms with van der Waals surface area (Å²) in [5.41, 5.74) is 1.42. The minimum Gasteiger partial charge on any atom is -0.487 e. The molecule has 0 bridgehead atoms. The molecule has 7 heteroatoms. The molecule has 174 valence electrons. The number of rotatable bonds is 4. The van der Waals surface area contributed by atoms with Gasteiger partial charge in [0.1, 0.15) is 11.4 Å². The van der Waals surface area contributed by atoms with E-state index in [1.165, 1.54) is 0 Å². The van der Waals surface area contributed by atoms with Crippen molar-refractivity contribution in [3.8, 4) is 5.75 Å². The fourth-order valence-corrected chi connectivity index (χ4v) is 5.95. The molecule has 2 saturated heterocycles. The van der Waals surface area contributed by atoms with Crippen molar-refractivity contribution in [2.75, 3.05) is 13.2 Å². The van der Waals surface area contributed by atoms with E-state index in [2.05, 4.69) is 4.98 Å². The highest BCUT2D eigenvalue weighted by atomic mass is 16.5. The second-order valence-electron chi connectivity index (χ2n) is 9.92. The van der Waals surface area contributed by atoms with Crippen LogP contribution in [0.3, 0.4) is 0 Å². The fraction of sp³-hybridized carbons (Fsp3) is 0.500. The molecule has 1 aromatic carbocycles. The first kappa shape index (κ1) is 21.9. The molecule has 3 aliphatic heterocycles. The van der Waals surface area contributed by atoms with Crippen molar-refractivity contribution in [2.45, 2.75) is 63.2 Å². The number of ether oxygens (including phenoxy) is 2. The molecule has 5 rings (SSSR count). The van der Waals surface area contributed by atoms with Crippen molar-refractivity contribution in [2.24, 2.45) is 5.92 Å². The van der Waals surface area contributed by atoms with E-state index in [0.29, 0.717) is 31.6 Å². The molecular weight excluding hydrogens is 420 g/mol. The molecule has 2 aromatic rings. The monoisotopic (exact) mass is 450 g/mol. The van der Waals surface area contributed by atoms with Crippen LogP contribution >= 0.6 is 0 Å². The first-order valence-electron chi connectivity index (χ1n) is 11.7. The van der Waals surface area contributed by atoms with E-state index < -0.39 is 17.1 Å². The summed E-state index contributed by atoms with van der Waals surface area (Å²) in [6.07, 6.45) is 6.08. The summed E-state index contributed by atoms with van der Waals surface area (Å²) in [7, 11) is 0. The maximum atomic E-state index is 13.5. The largest absolute Gasteiger partial charge is 0.487 e. The van der Waals surface area contributed by atoms with Gasteiger partial charge in [-0.1, -0.05) is 18.2 Å². The van der Waals surface area contributed by atoms with E-state index in [1.54, 1.807) is 12.4 Å². The Balaban J connectivity index is 1.49. The van der Waals surface area contributed by atoms with E-state index in [0.717, 1.165) is 29.7 Å². The first-order valence-corrected chi connectivity index (χ1v) is 11.7. The average molecular weight is 451 g/mol. The molecule has 1 N–H and O–H groups in total. The second kappa shape index (κ2) is 8.13. The number of hydrogen-bond donors (Lipinski definition) is 1. The molecule has 0 radical (unpaired) electrons. The number of benzene rings is 1. The number of carbonyl (C=O) groups is 2. The molecule has 3 aliphatic rings. The van der Waals surface area contributed by atoms with Crippen LogP contribution in [0.15, 0.2) is 42.7 Å². The number of aliphatic carboxylic acids is 1. The number of pyridine rings is 1. The minimum atomic E-state index is -0.841. The SMILES string of the molecule is Cc1cncc(C(=O)N2CCC[C@]23CO[C@H]2c4ccccc4O[C@@](C)(CCC(=O)O)[C@@H]2C3)c1. The number of fused-ring (bicyclic) bond motifs is 3. The Bertz CT molecular complexity index is 1090. The van der Waals surface area contributed by atoms with E-state index in [-0.39, 0.29) is 24.3 Å². The van der Waals surface area contributed by atoms with Crippen LogP contribution in [-0.4, -0.2) is 51.2 Å². The van der Waals surface area contributed by atoms with E-state index in [4.69, 9.17) is 9.47 Å². The van der Waals surface area contributed by atoms with Crippen molar-refractivity contribution in [1.29, 1.82) is 0 Å². The number of carbonyl (C=O) groups excluding carboxylic acids is 1. The van der Waals surface area contributed by atoms with Gasteiger partial charge in [0, 0.05) is 36.8 Å². The quantitative estimate of drug-likeness (QED) is 0.753. The molecule has 0 unspecified atom stereocenters. The number of aromatic nitrogens is 1. The zero-order valence-electron chi connectivity index (χ0n) is 19.1. The van der Waals surface area contributed by atoms with Gasteiger partial charge in [-0.05, 0) is 57.2 Å². The fourth-order valence-electron chi connectivity index (χ4n) is 5.95. The lowest BCUT2D eigenvalue weighted by atomic mass is 9.68. The standard InChI is InChI=1S/C26H30N2O5/c1-17-12-18(15-27-14-17)24(31)28-11-5-9-26(28)13-20-23(32-16-26)19-6-3-4-7-21(19)33-25(20,2)10-8-22(29)30/h3-4,6-7,12,14-15,20,23H,5,8-11,13,16H2,1-2H3,(H,29,30)/t20-,23+,25+,26+/m1/s1. The van der Waals surface area contributed by atoms with Crippen molar-refractivity contribution >= 4 is 11.9 Å². The Kier molecular flexibility index (Phi) is 5.40. The minimum absolute atomic E-state index is 0.0184. The van der Waals surface area contributed by atoms with Crippen LogP contribution in [0, 0.1) is 12.8 Å². The smallest absolute Gasteiger partial charge is 0.303 e. The summed E-state index contributed by atoms with van der Waals surface area (Å²) >= 11 is 0. The zero-order chi connectivity index (χ0) is 23.2. The number of hydrogen-bond acceptors (Lipinski definition) is 5. The van der Waals surface area contributed by atoms with Crippen LogP contribution in [-0.2, 0) is 9.53 Å². The predicted molar refractivity (Wildman–Crippen MR) is 121 cm³/mol. The highest BCUT2D eigenvalue weighted by Gasteiger charge is 2.57. The van der Waals surface area contributed by atoms with Gasteiger partial charge in [-0.15, -0.1) is 0 Å². The Morgan fingerprint density at radius 3 is 2.88 bits per heavy atom. The number of likely N-dealkylation sites (tertiary alicyclic amines) is 1. The van der Waals surface area contributed by atoms with Gasteiger partial charge < -0.3 is 19.5 Å². The van der Waals surface area contributed by atoms with Crippen molar-refractivity contribution in [1.82, 2.24) is 9.88 Å². The molecule has 0 saturated carbocycles. The van der Waals surface area contributed by atoms with Crippen LogP contribution < -0.4 is 4.74 Å². The molecule has 1 spiro atoms. The van der Waals surface area contributed by atoms with Gasteiger partial charge in [0.05, 0.1) is 23.8 Å². The summed E-state index contributed by atoms with van der Waals surface area (Å²) in [6, 6.07) is 9.73. The molecule has 2 fully saturated rings. The van der Waals surface area contributed by atoms with Crippen LogP contribution in [0.5, 0.6) is 5.75 Å². The van der Waals surface area contributed by atoms with Gasteiger partial charge in [0.2, 0.25) is 0 Å². The molecule has 4 atom stereocenters. The Morgan fingerprint density at radius 2 is 2.09 bits per heavy atom. The van der Waals surface area contributed by atoms with E-state index in [9.17, 15) is 14.7 Å². The summed E-state index contributed by atoms with van der Waals surface area (Å²) in [4.78, 5) is 31.1. The number of para-hydroxylation sites is 1.